The summed E-state index contributed by atoms with van der Waals surface area (Å²) in [6.45, 7) is 4.05. The molecule has 1 aromatic rings. The highest BCUT2D eigenvalue weighted by Crippen LogP contribution is 2.08. The van der Waals surface area contributed by atoms with Gasteiger partial charge in [0.15, 0.2) is 0 Å². The number of rotatable bonds is 6. The van der Waals surface area contributed by atoms with Crippen molar-refractivity contribution in [2.75, 3.05) is 26.2 Å². The normalized spacial score (nSPS) is 16.0. The quantitative estimate of drug-likeness (QED) is 0.682. The first-order valence-electron chi connectivity index (χ1n) is 5.57. The van der Waals surface area contributed by atoms with Crippen molar-refractivity contribution in [1.82, 2.24) is 10.6 Å². The average Bonchev–Trinajstić information content (AvgIpc) is 2.22. The van der Waals surface area contributed by atoms with E-state index in [0.717, 1.165) is 38.4 Å². The number of ether oxygens (including phenoxy) is 1. The molecule has 2 N–H and O–H groups in total. The molecule has 0 radical (unpaired) electrons. The Hall–Kier alpha value is -1.06. The summed E-state index contributed by atoms with van der Waals surface area (Å²) >= 11 is 0. The van der Waals surface area contributed by atoms with Crippen LogP contribution >= 0.6 is 0 Å². The molecule has 3 nitrogen and oxygen atoms in total. The van der Waals surface area contributed by atoms with Crippen molar-refractivity contribution < 1.29 is 4.74 Å². The van der Waals surface area contributed by atoms with E-state index in [4.69, 9.17) is 4.74 Å². The maximum Gasteiger partial charge on any atom is 0.119 e. The fraction of sp³-hybridized carbons (Fsp3) is 0.500. The van der Waals surface area contributed by atoms with Crippen molar-refractivity contribution in [2.24, 2.45) is 0 Å². The summed E-state index contributed by atoms with van der Waals surface area (Å²) in [5, 5.41) is 6.70. The second kappa shape index (κ2) is 5.73. The van der Waals surface area contributed by atoms with Gasteiger partial charge in [-0.1, -0.05) is 18.2 Å². The van der Waals surface area contributed by atoms with Gasteiger partial charge in [0.25, 0.3) is 0 Å². The number of benzene rings is 1. The second-order valence-corrected chi connectivity index (χ2v) is 3.82. The van der Waals surface area contributed by atoms with Gasteiger partial charge in [0.2, 0.25) is 0 Å². The lowest BCUT2D eigenvalue weighted by atomic mass is 10.2. The van der Waals surface area contributed by atoms with E-state index in [1.807, 2.05) is 30.3 Å². The van der Waals surface area contributed by atoms with Gasteiger partial charge in [0.1, 0.15) is 5.75 Å². The highest BCUT2D eigenvalue weighted by Gasteiger charge is 2.14. The van der Waals surface area contributed by atoms with Crippen LogP contribution in [0.5, 0.6) is 5.75 Å². The third-order valence-electron chi connectivity index (χ3n) is 2.55. The Bertz CT molecular complexity index is 272. The molecule has 0 atom stereocenters. The minimum Gasteiger partial charge on any atom is -0.494 e. The van der Waals surface area contributed by atoms with E-state index < -0.39 is 0 Å². The van der Waals surface area contributed by atoms with Gasteiger partial charge in [-0.25, -0.2) is 0 Å². The zero-order chi connectivity index (χ0) is 10.3. The van der Waals surface area contributed by atoms with Crippen LogP contribution in [-0.2, 0) is 0 Å². The molecule has 0 bridgehead atoms. The molecule has 0 saturated carbocycles. The molecule has 3 heteroatoms. The topological polar surface area (TPSA) is 33.3 Å². The maximum absolute atomic E-state index is 5.58. The van der Waals surface area contributed by atoms with E-state index in [0.29, 0.717) is 6.04 Å². The molecule has 0 amide bonds. The molecule has 0 unspecified atom stereocenters. The molecule has 1 heterocycles. The molecule has 1 saturated heterocycles. The zero-order valence-electron chi connectivity index (χ0n) is 8.91. The Morgan fingerprint density at radius 1 is 1.27 bits per heavy atom. The standard InChI is InChI=1S/C12H18N2O/c1-2-5-12(6-3-1)15-8-4-7-14-11-9-13-10-11/h1-3,5-6,11,13-14H,4,7-10H2. The maximum atomic E-state index is 5.58. The van der Waals surface area contributed by atoms with Gasteiger partial charge in [0.05, 0.1) is 6.61 Å². The van der Waals surface area contributed by atoms with Gasteiger partial charge in [-0.2, -0.15) is 0 Å². The van der Waals surface area contributed by atoms with Crippen LogP contribution in [0, 0.1) is 0 Å². The molecular weight excluding hydrogens is 188 g/mol. The average molecular weight is 206 g/mol. The summed E-state index contributed by atoms with van der Waals surface area (Å²) in [7, 11) is 0. The Labute approximate surface area is 90.8 Å². The van der Waals surface area contributed by atoms with Crippen molar-refractivity contribution in [1.29, 1.82) is 0 Å². The molecule has 1 aliphatic rings. The fourth-order valence-corrected chi connectivity index (χ4v) is 1.52. The molecule has 1 fully saturated rings. The lowest BCUT2D eigenvalue weighted by molar-refractivity contribution is 0.294. The molecule has 2 rings (SSSR count). The molecule has 1 aliphatic heterocycles. The Morgan fingerprint density at radius 2 is 2.07 bits per heavy atom. The monoisotopic (exact) mass is 206 g/mol. The van der Waals surface area contributed by atoms with E-state index in [9.17, 15) is 0 Å². The van der Waals surface area contributed by atoms with Crippen molar-refractivity contribution in [3.05, 3.63) is 30.3 Å². The van der Waals surface area contributed by atoms with E-state index in [-0.39, 0.29) is 0 Å². The van der Waals surface area contributed by atoms with Crippen LogP contribution in [0.15, 0.2) is 30.3 Å². The Kier molecular flexibility index (Phi) is 4.00. The number of hydrogen-bond acceptors (Lipinski definition) is 3. The van der Waals surface area contributed by atoms with Crippen molar-refractivity contribution in [2.45, 2.75) is 12.5 Å². The van der Waals surface area contributed by atoms with E-state index in [1.165, 1.54) is 0 Å². The summed E-state index contributed by atoms with van der Waals surface area (Å²) < 4.78 is 5.58. The van der Waals surface area contributed by atoms with Crippen molar-refractivity contribution in [3.8, 4) is 5.75 Å². The van der Waals surface area contributed by atoms with Crippen LogP contribution in [0.4, 0.5) is 0 Å². The van der Waals surface area contributed by atoms with E-state index >= 15 is 0 Å². The lowest BCUT2D eigenvalue weighted by Crippen LogP contribution is -2.55. The first kappa shape index (κ1) is 10.5. The predicted octanol–water partition coefficient (Wildman–Crippen LogP) is 1.02. The number of hydrogen-bond donors (Lipinski definition) is 2. The molecule has 15 heavy (non-hydrogen) atoms. The van der Waals surface area contributed by atoms with Gasteiger partial charge < -0.3 is 15.4 Å². The first-order valence-corrected chi connectivity index (χ1v) is 5.57. The molecule has 0 aromatic heterocycles. The fourth-order valence-electron chi connectivity index (χ4n) is 1.52. The summed E-state index contributed by atoms with van der Waals surface area (Å²) in [5.41, 5.74) is 0. The van der Waals surface area contributed by atoms with Crippen LogP contribution in [0.3, 0.4) is 0 Å². The number of nitrogens with one attached hydrogen (secondary N) is 2. The van der Waals surface area contributed by atoms with Gasteiger partial charge >= 0.3 is 0 Å². The van der Waals surface area contributed by atoms with Crippen LogP contribution in [0.25, 0.3) is 0 Å². The number of para-hydroxylation sites is 1. The van der Waals surface area contributed by atoms with E-state index in [1.54, 1.807) is 0 Å². The van der Waals surface area contributed by atoms with Gasteiger partial charge in [0, 0.05) is 19.1 Å². The Balaban J connectivity index is 1.51. The van der Waals surface area contributed by atoms with Crippen molar-refractivity contribution >= 4 is 0 Å². The second-order valence-electron chi connectivity index (χ2n) is 3.82. The summed E-state index contributed by atoms with van der Waals surface area (Å²) in [4.78, 5) is 0. The van der Waals surface area contributed by atoms with Crippen molar-refractivity contribution in [3.63, 3.8) is 0 Å². The summed E-state index contributed by atoms with van der Waals surface area (Å²) in [5.74, 6) is 0.961. The SMILES string of the molecule is c1ccc(OCCCNC2CNC2)cc1. The minimum absolute atomic E-state index is 0.682. The minimum atomic E-state index is 0.682. The highest BCUT2D eigenvalue weighted by atomic mass is 16.5. The predicted molar refractivity (Wildman–Crippen MR) is 61.2 cm³/mol. The van der Waals surface area contributed by atoms with Gasteiger partial charge in [-0.3, -0.25) is 0 Å². The first-order chi connectivity index (χ1) is 7.45. The molecule has 82 valence electrons. The lowest BCUT2D eigenvalue weighted by Gasteiger charge is -2.28. The Morgan fingerprint density at radius 3 is 2.73 bits per heavy atom. The van der Waals surface area contributed by atoms with Gasteiger partial charge in [-0.15, -0.1) is 0 Å². The van der Waals surface area contributed by atoms with E-state index in [2.05, 4.69) is 10.6 Å². The molecule has 0 spiro atoms. The summed E-state index contributed by atoms with van der Waals surface area (Å²) in [6.07, 6.45) is 1.06. The molecule has 0 aliphatic carbocycles. The van der Waals surface area contributed by atoms with Crippen LogP contribution in [0.1, 0.15) is 6.42 Å². The highest BCUT2D eigenvalue weighted by molar-refractivity contribution is 5.20. The van der Waals surface area contributed by atoms with Crippen LogP contribution in [-0.4, -0.2) is 32.3 Å². The molecule has 1 aromatic carbocycles. The van der Waals surface area contributed by atoms with Gasteiger partial charge in [-0.05, 0) is 25.1 Å². The molecular formula is C12H18N2O. The van der Waals surface area contributed by atoms with Crippen LogP contribution in [0.2, 0.25) is 0 Å². The third kappa shape index (κ3) is 3.53. The third-order valence-corrected chi connectivity index (χ3v) is 2.55. The van der Waals surface area contributed by atoms with Crippen LogP contribution < -0.4 is 15.4 Å². The zero-order valence-corrected chi connectivity index (χ0v) is 8.91. The summed E-state index contributed by atoms with van der Waals surface area (Å²) in [6, 6.07) is 10.6. The smallest absolute Gasteiger partial charge is 0.119 e. The largest absolute Gasteiger partial charge is 0.494 e.